The van der Waals surface area contributed by atoms with Crippen LogP contribution in [0.3, 0.4) is 0 Å². The molecule has 0 aromatic heterocycles. The van der Waals surface area contributed by atoms with Crippen molar-refractivity contribution in [1.29, 1.82) is 0 Å². The molecule has 0 unspecified atom stereocenters. The molecule has 3 rings (SSSR count). The molecule has 0 aliphatic carbocycles. The Morgan fingerprint density at radius 1 is 0.897 bits per heavy atom. The molecule has 150 valence electrons. The molecule has 0 spiro atoms. The van der Waals surface area contributed by atoms with E-state index < -0.39 is 23.5 Å². The molecule has 0 bridgehead atoms. The normalized spacial score (nSPS) is 11.3. The highest BCUT2D eigenvalue weighted by Gasteiger charge is 2.31. The summed E-state index contributed by atoms with van der Waals surface area (Å²) in [5.74, 6) is -1.82. The van der Waals surface area contributed by atoms with Gasteiger partial charge in [-0.3, -0.25) is 4.79 Å². The van der Waals surface area contributed by atoms with Crippen LogP contribution >= 0.6 is 0 Å². The van der Waals surface area contributed by atoms with E-state index in [4.69, 9.17) is 9.84 Å². The molecule has 3 aromatic carbocycles. The number of hydrogen-bond donors (Lipinski definition) is 1. The molecule has 0 fully saturated rings. The van der Waals surface area contributed by atoms with Crippen LogP contribution in [0.25, 0.3) is 11.1 Å². The molecule has 7 heteroatoms. The monoisotopic (exact) mass is 404 g/mol. The van der Waals surface area contributed by atoms with Crippen LogP contribution in [0.5, 0.6) is 5.75 Å². The summed E-state index contributed by atoms with van der Waals surface area (Å²) in [6.07, 6.45) is -5.00. The Hall–Kier alpha value is -3.35. The van der Waals surface area contributed by atoms with Crippen LogP contribution in [0.4, 0.5) is 17.6 Å². The molecule has 3 aromatic rings. The zero-order valence-electron chi connectivity index (χ0n) is 15.0. The third kappa shape index (κ3) is 5.13. The van der Waals surface area contributed by atoms with Gasteiger partial charge in [0.25, 0.3) is 0 Å². The second-order valence-corrected chi connectivity index (χ2v) is 6.37. The van der Waals surface area contributed by atoms with Crippen molar-refractivity contribution in [3.8, 4) is 16.9 Å². The van der Waals surface area contributed by atoms with Gasteiger partial charge in [-0.25, -0.2) is 4.39 Å². The topological polar surface area (TPSA) is 46.5 Å². The molecule has 0 heterocycles. The van der Waals surface area contributed by atoms with Crippen LogP contribution in [-0.4, -0.2) is 11.1 Å². The first kappa shape index (κ1) is 20.4. The standard InChI is InChI=1S/C22H16F4O3/c23-19-8-7-16(22(24,25)26)12-17(19)18-10-15(11-21(27)28)6-9-20(18)29-13-14-4-2-1-3-5-14/h1-10,12H,11,13H2,(H,27,28). The highest BCUT2D eigenvalue weighted by atomic mass is 19.4. The first-order valence-electron chi connectivity index (χ1n) is 8.62. The van der Waals surface area contributed by atoms with Crippen LogP contribution < -0.4 is 4.74 Å². The molecular formula is C22H16F4O3. The van der Waals surface area contributed by atoms with Crippen LogP contribution in [0.1, 0.15) is 16.7 Å². The van der Waals surface area contributed by atoms with Gasteiger partial charge in [0.15, 0.2) is 0 Å². The number of carbonyl (C=O) groups is 1. The summed E-state index contributed by atoms with van der Waals surface area (Å²) >= 11 is 0. The van der Waals surface area contributed by atoms with E-state index in [0.29, 0.717) is 17.7 Å². The number of rotatable bonds is 6. The molecule has 0 saturated heterocycles. The molecule has 0 amide bonds. The number of carboxylic acids is 1. The van der Waals surface area contributed by atoms with Gasteiger partial charge in [0.05, 0.1) is 12.0 Å². The second-order valence-electron chi connectivity index (χ2n) is 6.37. The number of benzene rings is 3. The van der Waals surface area contributed by atoms with E-state index in [1.807, 2.05) is 30.3 Å². The number of ether oxygens (including phenoxy) is 1. The molecule has 0 saturated carbocycles. The molecular weight excluding hydrogens is 388 g/mol. The minimum atomic E-state index is -4.65. The van der Waals surface area contributed by atoms with E-state index in [2.05, 4.69) is 0 Å². The first-order chi connectivity index (χ1) is 13.7. The van der Waals surface area contributed by atoms with Crippen molar-refractivity contribution in [2.75, 3.05) is 0 Å². The van der Waals surface area contributed by atoms with Gasteiger partial charge in [0.2, 0.25) is 0 Å². The summed E-state index contributed by atoms with van der Waals surface area (Å²) < 4.78 is 59.5. The van der Waals surface area contributed by atoms with Gasteiger partial charge < -0.3 is 9.84 Å². The fourth-order valence-electron chi connectivity index (χ4n) is 2.84. The number of alkyl halides is 3. The fraction of sp³-hybridized carbons (Fsp3) is 0.136. The maximum Gasteiger partial charge on any atom is 0.416 e. The quantitative estimate of drug-likeness (QED) is 0.535. The Kier molecular flexibility index (Phi) is 5.87. The van der Waals surface area contributed by atoms with E-state index in [-0.39, 0.29) is 29.9 Å². The molecule has 0 aliphatic rings. The van der Waals surface area contributed by atoms with Crippen LogP contribution in [0.15, 0.2) is 66.7 Å². The molecule has 0 radical (unpaired) electrons. The van der Waals surface area contributed by atoms with E-state index in [9.17, 15) is 22.4 Å². The lowest BCUT2D eigenvalue weighted by atomic mass is 9.98. The van der Waals surface area contributed by atoms with Crippen LogP contribution in [0, 0.1) is 5.82 Å². The van der Waals surface area contributed by atoms with Gasteiger partial charge in [-0.1, -0.05) is 36.4 Å². The van der Waals surface area contributed by atoms with E-state index in [1.54, 1.807) is 0 Å². The summed E-state index contributed by atoms with van der Waals surface area (Å²) in [5, 5.41) is 9.00. The lowest BCUT2D eigenvalue weighted by molar-refractivity contribution is -0.138. The van der Waals surface area contributed by atoms with Crippen molar-refractivity contribution in [1.82, 2.24) is 0 Å². The van der Waals surface area contributed by atoms with Gasteiger partial charge in [-0.2, -0.15) is 13.2 Å². The average molecular weight is 404 g/mol. The second kappa shape index (κ2) is 8.34. The Balaban J connectivity index is 2.05. The number of carboxylic acid groups (broad SMARTS) is 1. The van der Waals surface area contributed by atoms with E-state index in [1.165, 1.54) is 18.2 Å². The zero-order chi connectivity index (χ0) is 21.0. The zero-order valence-corrected chi connectivity index (χ0v) is 15.0. The summed E-state index contributed by atoms with van der Waals surface area (Å²) in [5.41, 5.74) is -0.126. The van der Waals surface area contributed by atoms with E-state index >= 15 is 0 Å². The Bertz CT molecular complexity index is 1010. The SMILES string of the molecule is O=C(O)Cc1ccc(OCc2ccccc2)c(-c2cc(C(F)(F)F)ccc2F)c1. The molecule has 0 atom stereocenters. The highest BCUT2D eigenvalue weighted by molar-refractivity contribution is 5.75. The molecule has 29 heavy (non-hydrogen) atoms. The first-order valence-corrected chi connectivity index (χ1v) is 8.62. The van der Waals surface area contributed by atoms with Crippen molar-refractivity contribution in [2.45, 2.75) is 19.2 Å². The summed E-state index contributed by atoms with van der Waals surface area (Å²) in [6, 6.07) is 15.4. The minimum absolute atomic E-state index is 0.0586. The average Bonchev–Trinajstić information content (AvgIpc) is 2.67. The predicted molar refractivity (Wildman–Crippen MR) is 99.0 cm³/mol. The maximum absolute atomic E-state index is 14.4. The van der Waals surface area contributed by atoms with Crippen LogP contribution in [-0.2, 0) is 24.0 Å². The van der Waals surface area contributed by atoms with Crippen molar-refractivity contribution in [3.63, 3.8) is 0 Å². The Morgan fingerprint density at radius 3 is 2.28 bits per heavy atom. The summed E-state index contributed by atoms with van der Waals surface area (Å²) in [7, 11) is 0. The Morgan fingerprint density at radius 2 is 1.62 bits per heavy atom. The number of hydrogen-bond acceptors (Lipinski definition) is 2. The third-order valence-corrected chi connectivity index (χ3v) is 4.22. The van der Waals surface area contributed by atoms with Gasteiger partial charge in [0, 0.05) is 11.1 Å². The maximum atomic E-state index is 14.4. The van der Waals surface area contributed by atoms with E-state index in [0.717, 1.165) is 11.6 Å². The number of halogens is 4. The summed E-state index contributed by atoms with van der Waals surface area (Å²) in [6.45, 7) is 0.118. The Labute approximate surface area is 164 Å². The van der Waals surface area contributed by atoms with Crippen LogP contribution in [0.2, 0.25) is 0 Å². The van der Waals surface area contributed by atoms with Gasteiger partial charge in [0.1, 0.15) is 18.2 Å². The van der Waals surface area contributed by atoms with Gasteiger partial charge in [-0.05, 0) is 41.5 Å². The van der Waals surface area contributed by atoms with Crippen molar-refractivity contribution < 1.29 is 32.2 Å². The minimum Gasteiger partial charge on any atom is -0.488 e. The largest absolute Gasteiger partial charge is 0.488 e. The fourth-order valence-corrected chi connectivity index (χ4v) is 2.84. The lowest BCUT2D eigenvalue weighted by Crippen LogP contribution is -2.06. The molecule has 1 N–H and O–H groups in total. The molecule has 3 nitrogen and oxygen atoms in total. The van der Waals surface area contributed by atoms with Crippen molar-refractivity contribution in [2.24, 2.45) is 0 Å². The van der Waals surface area contributed by atoms with Crippen molar-refractivity contribution in [3.05, 3.63) is 89.2 Å². The predicted octanol–water partition coefficient (Wildman–Crippen LogP) is 5.72. The van der Waals surface area contributed by atoms with Gasteiger partial charge >= 0.3 is 12.1 Å². The highest BCUT2D eigenvalue weighted by Crippen LogP contribution is 2.38. The van der Waals surface area contributed by atoms with Crippen molar-refractivity contribution >= 4 is 5.97 Å². The molecule has 0 aliphatic heterocycles. The smallest absolute Gasteiger partial charge is 0.416 e. The number of aliphatic carboxylic acids is 1. The lowest BCUT2D eigenvalue weighted by Gasteiger charge is -2.15. The summed E-state index contributed by atoms with van der Waals surface area (Å²) in [4.78, 5) is 11.0. The third-order valence-electron chi connectivity index (χ3n) is 4.22. The van der Waals surface area contributed by atoms with Gasteiger partial charge in [-0.15, -0.1) is 0 Å².